The lowest BCUT2D eigenvalue weighted by molar-refractivity contribution is -0.0111. The van der Waals surface area contributed by atoms with Crippen LogP contribution in [-0.4, -0.2) is 36.6 Å². The number of nitrogens with one attached hydrogen (secondary N) is 1. The van der Waals surface area contributed by atoms with E-state index in [0.29, 0.717) is 0 Å². The lowest BCUT2D eigenvalue weighted by Gasteiger charge is -2.43. The zero-order chi connectivity index (χ0) is 17.4. The zero-order valence-electron chi connectivity index (χ0n) is 14.4. The first kappa shape index (κ1) is 16.1. The molecule has 3 aromatic rings. The minimum atomic E-state index is -0.340. The number of aromatic nitrogens is 4. The largest absolute Gasteiger partial charge is 0.391 e. The number of benzene rings is 1. The third-order valence-corrected chi connectivity index (χ3v) is 5.00. The first-order valence-corrected chi connectivity index (χ1v) is 8.65. The van der Waals surface area contributed by atoms with Gasteiger partial charge in [0, 0.05) is 36.4 Å². The molecule has 1 aromatic carbocycles. The van der Waals surface area contributed by atoms with Gasteiger partial charge in [-0.25, -0.2) is 4.98 Å². The summed E-state index contributed by atoms with van der Waals surface area (Å²) in [5, 5.41) is 18.2. The maximum Gasteiger partial charge on any atom is 0.0991 e. The standard InChI is InChI=1S/C19H23N5O/c1-13-10-21-24(11-13)19-17(9-18(19)25)22-14(2)15-3-5-16(6-4-15)23-8-7-20-12-23/h3-8,10-12,14,17-19,22,25H,9H2,1-2H3/t14?,17-,18+,19+/m0/s1. The van der Waals surface area contributed by atoms with E-state index in [-0.39, 0.29) is 24.2 Å². The molecule has 25 heavy (non-hydrogen) atoms. The second-order valence-electron chi connectivity index (χ2n) is 6.85. The third-order valence-electron chi connectivity index (χ3n) is 5.00. The van der Waals surface area contributed by atoms with Crippen molar-refractivity contribution < 1.29 is 5.11 Å². The number of hydrogen-bond donors (Lipinski definition) is 2. The van der Waals surface area contributed by atoms with E-state index in [0.717, 1.165) is 17.7 Å². The van der Waals surface area contributed by atoms with Crippen molar-refractivity contribution in [3.05, 3.63) is 66.5 Å². The number of rotatable bonds is 5. The van der Waals surface area contributed by atoms with Crippen LogP contribution in [0, 0.1) is 6.92 Å². The number of aliphatic hydroxyl groups excluding tert-OH is 1. The summed E-state index contributed by atoms with van der Waals surface area (Å²) in [6.45, 7) is 4.17. The number of aliphatic hydroxyl groups is 1. The van der Waals surface area contributed by atoms with E-state index in [9.17, 15) is 5.11 Å². The summed E-state index contributed by atoms with van der Waals surface area (Å²) in [5.74, 6) is 0. The molecular formula is C19H23N5O. The lowest BCUT2D eigenvalue weighted by atomic mass is 9.82. The lowest BCUT2D eigenvalue weighted by Crippen LogP contribution is -2.55. The Morgan fingerprint density at radius 2 is 2.08 bits per heavy atom. The fourth-order valence-corrected chi connectivity index (χ4v) is 3.50. The van der Waals surface area contributed by atoms with Crippen molar-refractivity contribution in [2.24, 2.45) is 0 Å². The quantitative estimate of drug-likeness (QED) is 0.750. The van der Waals surface area contributed by atoms with E-state index in [2.05, 4.69) is 46.6 Å². The molecule has 130 valence electrons. The van der Waals surface area contributed by atoms with Crippen molar-refractivity contribution >= 4 is 0 Å². The third kappa shape index (κ3) is 3.10. The second kappa shape index (κ2) is 6.46. The Hall–Kier alpha value is -2.44. The van der Waals surface area contributed by atoms with Gasteiger partial charge in [0.25, 0.3) is 0 Å². The smallest absolute Gasteiger partial charge is 0.0991 e. The highest BCUT2D eigenvalue weighted by Crippen LogP contribution is 2.34. The Morgan fingerprint density at radius 3 is 2.68 bits per heavy atom. The Kier molecular flexibility index (Phi) is 4.15. The Labute approximate surface area is 147 Å². The molecule has 2 aromatic heterocycles. The van der Waals surface area contributed by atoms with Crippen molar-refractivity contribution in [3.8, 4) is 5.69 Å². The van der Waals surface area contributed by atoms with Crippen LogP contribution in [0.15, 0.2) is 55.4 Å². The first-order chi connectivity index (χ1) is 12.1. The van der Waals surface area contributed by atoms with Crippen molar-refractivity contribution in [2.45, 2.75) is 44.5 Å². The molecule has 1 saturated carbocycles. The van der Waals surface area contributed by atoms with Crippen molar-refractivity contribution in [2.75, 3.05) is 0 Å². The van der Waals surface area contributed by atoms with Gasteiger partial charge in [0.15, 0.2) is 0 Å². The molecule has 0 spiro atoms. The van der Waals surface area contributed by atoms with Gasteiger partial charge in [-0.05, 0) is 43.5 Å². The molecule has 0 aliphatic heterocycles. The Morgan fingerprint density at radius 1 is 1.28 bits per heavy atom. The van der Waals surface area contributed by atoms with Crippen LogP contribution in [0.4, 0.5) is 0 Å². The average molecular weight is 337 g/mol. The predicted molar refractivity (Wildman–Crippen MR) is 95.5 cm³/mol. The van der Waals surface area contributed by atoms with Crippen LogP contribution >= 0.6 is 0 Å². The van der Waals surface area contributed by atoms with Crippen LogP contribution in [0.5, 0.6) is 0 Å². The maximum atomic E-state index is 10.2. The van der Waals surface area contributed by atoms with E-state index in [1.807, 2.05) is 34.8 Å². The highest BCUT2D eigenvalue weighted by molar-refractivity contribution is 5.35. The van der Waals surface area contributed by atoms with Crippen LogP contribution in [0.1, 0.15) is 36.6 Å². The van der Waals surface area contributed by atoms with E-state index in [4.69, 9.17) is 0 Å². The molecule has 2 N–H and O–H groups in total. The van der Waals surface area contributed by atoms with Gasteiger partial charge >= 0.3 is 0 Å². The molecule has 1 unspecified atom stereocenters. The summed E-state index contributed by atoms with van der Waals surface area (Å²) in [5.41, 5.74) is 3.43. The van der Waals surface area contributed by atoms with Gasteiger partial charge in [-0.15, -0.1) is 0 Å². The summed E-state index contributed by atoms with van der Waals surface area (Å²) in [6.07, 6.45) is 9.74. The van der Waals surface area contributed by atoms with E-state index >= 15 is 0 Å². The van der Waals surface area contributed by atoms with E-state index in [1.54, 1.807) is 12.5 Å². The molecule has 1 aliphatic carbocycles. The highest BCUT2D eigenvalue weighted by Gasteiger charge is 2.42. The summed E-state index contributed by atoms with van der Waals surface area (Å²) in [6, 6.07) is 8.88. The number of hydrogen-bond acceptors (Lipinski definition) is 4. The van der Waals surface area contributed by atoms with Crippen LogP contribution in [-0.2, 0) is 0 Å². The molecule has 2 heterocycles. The maximum absolute atomic E-state index is 10.2. The predicted octanol–water partition coefficient (Wildman–Crippen LogP) is 2.40. The number of nitrogens with zero attached hydrogens (tertiary/aromatic N) is 4. The Balaban J connectivity index is 1.44. The molecule has 6 heteroatoms. The molecule has 0 saturated heterocycles. The monoisotopic (exact) mass is 337 g/mol. The molecule has 4 atom stereocenters. The second-order valence-corrected chi connectivity index (χ2v) is 6.85. The van der Waals surface area contributed by atoms with Crippen LogP contribution < -0.4 is 5.32 Å². The van der Waals surface area contributed by atoms with Crippen molar-refractivity contribution in [1.82, 2.24) is 24.6 Å². The summed E-state index contributed by atoms with van der Waals surface area (Å²) in [4.78, 5) is 4.08. The molecule has 0 bridgehead atoms. The molecule has 0 radical (unpaired) electrons. The summed E-state index contributed by atoms with van der Waals surface area (Å²) in [7, 11) is 0. The molecule has 6 nitrogen and oxygen atoms in total. The minimum Gasteiger partial charge on any atom is -0.391 e. The molecule has 1 aliphatic rings. The Bertz CT molecular complexity index is 824. The van der Waals surface area contributed by atoms with Gasteiger partial charge in [0.05, 0.1) is 24.7 Å². The van der Waals surface area contributed by atoms with Gasteiger partial charge in [-0.2, -0.15) is 5.10 Å². The normalized spacial score (nSPS) is 24.0. The number of aryl methyl sites for hydroxylation is 1. The highest BCUT2D eigenvalue weighted by atomic mass is 16.3. The summed E-state index contributed by atoms with van der Waals surface area (Å²) < 4.78 is 3.87. The zero-order valence-corrected chi connectivity index (χ0v) is 14.4. The molecule has 4 rings (SSSR count). The summed E-state index contributed by atoms with van der Waals surface area (Å²) >= 11 is 0. The average Bonchev–Trinajstić information content (AvgIpc) is 3.26. The first-order valence-electron chi connectivity index (χ1n) is 8.65. The van der Waals surface area contributed by atoms with Gasteiger partial charge in [-0.3, -0.25) is 4.68 Å². The van der Waals surface area contributed by atoms with Crippen LogP contribution in [0.3, 0.4) is 0 Å². The van der Waals surface area contributed by atoms with Crippen LogP contribution in [0.2, 0.25) is 0 Å². The van der Waals surface area contributed by atoms with E-state index < -0.39 is 0 Å². The van der Waals surface area contributed by atoms with Crippen LogP contribution in [0.25, 0.3) is 5.69 Å². The minimum absolute atomic E-state index is 0.00127. The van der Waals surface area contributed by atoms with E-state index in [1.165, 1.54) is 5.56 Å². The van der Waals surface area contributed by atoms with Gasteiger partial charge < -0.3 is 15.0 Å². The fraction of sp³-hybridized carbons (Fsp3) is 0.368. The van der Waals surface area contributed by atoms with Crippen molar-refractivity contribution in [1.29, 1.82) is 0 Å². The SMILES string of the molecule is Cc1cnn([C@H]2[C@H](O)C[C@@H]2NC(C)c2ccc(-n3ccnc3)cc2)c1. The molecular weight excluding hydrogens is 314 g/mol. The topological polar surface area (TPSA) is 67.9 Å². The molecule has 1 fully saturated rings. The van der Waals surface area contributed by atoms with Gasteiger partial charge in [-0.1, -0.05) is 12.1 Å². The van der Waals surface area contributed by atoms with Crippen molar-refractivity contribution in [3.63, 3.8) is 0 Å². The number of imidazole rings is 1. The van der Waals surface area contributed by atoms with Gasteiger partial charge in [0.1, 0.15) is 0 Å². The fourth-order valence-electron chi connectivity index (χ4n) is 3.50. The van der Waals surface area contributed by atoms with Gasteiger partial charge in [0.2, 0.25) is 0 Å². The molecule has 0 amide bonds.